The summed E-state index contributed by atoms with van der Waals surface area (Å²) >= 11 is 6.01. The topological polar surface area (TPSA) is 72.7 Å². The first-order valence-electron chi connectivity index (χ1n) is 6.65. The highest BCUT2D eigenvalue weighted by Crippen LogP contribution is 2.28. The van der Waals surface area contributed by atoms with Crippen molar-refractivity contribution in [3.05, 3.63) is 38.9 Å². The Morgan fingerprint density at radius 3 is 2.81 bits per heavy atom. The minimum absolute atomic E-state index is 0.0962. The number of hydrogen-bond donors (Lipinski definition) is 0. The van der Waals surface area contributed by atoms with Crippen LogP contribution in [0, 0.1) is 10.1 Å². The Bertz CT molecular complexity index is 578. The smallest absolute Gasteiger partial charge is 0.270 e. The summed E-state index contributed by atoms with van der Waals surface area (Å²) in [6.45, 7) is 3.07. The molecule has 1 aliphatic heterocycles. The lowest BCUT2D eigenvalue weighted by molar-refractivity contribution is -0.384. The average Bonchev–Trinajstić information content (AvgIpc) is 2.46. The van der Waals surface area contributed by atoms with Crippen LogP contribution in [-0.2, 0) is 4.74 Å². The van der Waals surface area contributed by atoms with Crippen molar-refractivity contribution < 1.29 is 14.5 Å². The largest absolute Gasteiger partial charge is 0.377 e. The zero-order valence-corrected chi connectivity index (χ0v) is 12.7. The third-order valence-electron chi connectivity index (χ3n) is 3.83. The summed E-state index contributed by atoms with van der Waals surface area (Å²) in [4.78, 5) is 24.4. The number of benzene rings is 1. The summed E-state index contributed by atoms with van der Waals surface area (Å²) in [7, 11) is 1.63. The second-order valence-electron chi connectivity index (χ2n) is 5.41. The van der Waals surface area contributed by atoms with Crippen molar-refractivity contribution in [1.82, 2.24) is 4.90 Å². The van der Waals surface area contributed by atoms with Gasteiger partial charge in [-0.2, -0.15) is 0 Å². The van der Waals surface area contributed by atoms with Gasteiger partial charge in [-0.3, -0.25) is 14.9 Å². The Morgan fingerprint density at radius 2 is 2.24 bits per heavy atom. The summed E-state index contributed by atoms with van der Waals surface area (Å²) in [6, 6.07) is 3.90. The van der Waals surface area contributed by atoms with E-state index in [0.29, 0.717) is 13.1 Å². The standard InChI is InChI=1S/C14H17ClN2O4/c1-14(21-2)6-3-7-16(9-14)13(18)11-5-4-10(17(19)20)8-12(11)15/h4-5,8H,3,6-7,9H2,1-2H3/t14-/m1/s1. The Morgan fingerprint density at radius 1 is 1.52 bits per heavy atom. The van der Waals surface area contributed by atoms with Crippen LogP contribution < -0.4 is 0 Å². The van der Waals surface area contributed by atoms with Gasteiger partial charge in [0.2, 0.25) is 0 Å². The van der Waals surface area contributed by atoms with Gasteiger partial charge < -0.3 is 9.64 Å². The number of hydrogen-bond acceptors (Lipinski definition) is 4. The van der Waals surface area contributed by atoms with Crippen LogP contribution in [0.3, 0.4) is 0 Å². The molecule has 6 nitrogen and oxygen atoms in total. The van der Waals surface area contributed by atoms with E-state index < -0.39 is 4.92 Å². The molecule has 1 heterocycles. The number of carbonyl (C=O) groups excluding carboxylic acids is 1. The van der Waals surface area contributed by atoms with Crippen molar-refractivity contribution in [2.45, 2.75) is 25.4 Å². The van der Waals surface area contributed by atoms with E-state index in [4.69, 9.17) is 16.3 Å². The van der Waals surface area contributed by atoms with E-state index in [-0.39, 0.29) is 27.8 Å². The van der Waals surface area contributed by atoms with Crippen LogP contribution in [0.15, 0.2) is 18.2 Å². The van der Waals surface area contributed by atoms with E-state index in [1.165, 1.54) is 18.2 Å². The molecule has 0 spiro atoms. The van der Waals surface area contributed by atoms with Gasteiger partial charge >= 0.3 is 0 Å². The Balaban J connectivity index is 2.22. The zero-order chi connectivity index (χ0) is 15.6. The van der Waals surface area contributed by atoms with E-state index in [9.17, 15) is 14.9 Å². The second-order valence-corrected chi connectivity index (χ2v) is 5.81. The molecule has 1 aliphatic rings. The van der Waals surface area contributed by atoms with Crippen LogP contribution in [0.4, 0.5) is 5.69 Å². The number of nitro groups is 1. The highest BCUT2D eigenvalue weighted by atomic mass is 35.5. The Kier molecular flexibility index (Phi) is 4.49. The van der Waals surface area contributed by atoms with Crippen molar-refractivity contribution in [2.24, 2.45) is 0 Å². The molecule has 0 bridgehead atoms. The molecule has 2 rings (SSSR count). The van der Waals surface area contributed by atoms with E-state index >= 15 is 0 Å². The lowest BCUT2D eigenvalue weighted by atomic mass is 9.94. The van der Waals surface area contributed by atoms with Gasteiger partial charge in [0.05, 0.1) is 21.1 Å². The highest BCUT2D eigenvalue weighted by Gasteiger charge is 2.34. The first-order chi connectivity index (χ1) is 9.86. The first-order valence-corrected chi connectivity index (χ1v) is 7.02. The van der Waals surface area contributed by atoms with Crippen molar-refractivity contribution in [2.75, 3.05) is 20.2 Å². The molecule has 1 amide bonds. The number of ether oxygens (including phenoxy) is 1. The van der Waals surface area contributed by atoms with Gasteiger partial charge in [0.25, 0.3) is 11.6 Å². The van der Waals surface area contributed by atoms with E-state index in [1.54, 1.807) is 12.0 Å². The van der Waals surface area contributed by atoms with E-state index in [1.807, 2.05) is 6.92 Å². The van der Waals surface area contributed by atoms with Gasteiger partial charge in [-0.15, -0.1) is 0 Å². The zero-order valence-electron chi connectivity index (χ0n) is 12.0. The van der Waals surface area contributed by atoms with Crippen molar-refractivity contribution >= 4 is 23.2 Å². The minimum Gasteiger partial charge on any atom is -0.377 e. The number of amides is 1. The van der Waals surface area contributed by atoms with Crippen molar-refractivity contribution in [1.29, 1.82) is 0 Å². The second kappa shape index (κ2) is 5.99. The maximum absolute atomic E-state index is 12.5. The summed E-state index contributed by atoms with van der Waals surface area (Å²) in [5.41, 5.74) is -0.208. The van der Waals surface area contributed by atoms with Gasteiger partial charge in [0.15, 0.2) is 0 Å². The molecule has 21 heavy (non-hydrogen) atoms. The number of likely N-dealkylation sites (tertiary alicyclic amines) is 1. The van der Waals surface area contributed by atoms with Crippen LogP contribution >= 0.6 is 11.6 Å². The van der Waals surface area contributed by atoms with Gasteiger partial charge in [-0.25, -0.2) is 0 Å². The fourth-order valence-electron chi connectivity index (χ4n) is 2.51. The number of nitrogens with zero attached hydrogens (tertiary/aromatic N) is 2. The molecule has 0 aromatic heterocycles. The summed E-state index contributed by atoms with van der Waals surface area (Å²) in [5, 5.41) is 10.8. The van der Waals surface area contributed by atoms with Gasteiger partial charge in [0, 0.05) is 32.3 Å². The molecule has 1 atom stereocenters. The number of carbonyl (C=O) groups is 1. The number of non-ortho nitro benzene ring substituents is 1. The molecule has 1 aromatic rings. The normalized spacial score (nSPS) is 22.1. The fourth-order valence-corrected chi connectivity index (χ4v) is 2.76. The molecule has 0 aliphatic carbocycles. The van der Waals surface area contributed by atoms with Crippen LogP contribution in [0.5, 0.6) is 0 Å². The molecule has 0 N–H and O–H groups in total. The molecule has 1 saturated heterocycles. The number of methoxy groups -OCH3 is 1. The number of halogens is 1. The number of piperidine rings is 1. The lowest BCUT2D eigenvalue weighted by Crippen LogP contribution is -2.49. The molecule has 0 unspecified atom stereocenters. The third kappa shape index (κ3) is 3.33. The van der Waals surface area contributed by atoms with Gasteiger partial charge in [-0.05, 0) is 25.8 Å². The lowest BCUT2D eigenvalue weighted by Gasteiger charge is -2.39. The molecule has 114 valence electrons. The minimum atomic E-state index is -0.539. The predicted octanol–water partition coefficient (Wildman–Crippen LogP) is 2.89. The molecule has 0 saturated carbocycles. The monoisotopic (exact) mass is 312 g/mol. The maximum Gasteiger partial charge on any atom is 0.270 e. The van der Waals surface area contributed by atoms with Crippen molar-refractivity contribution in [3.63, 3.8) is 0 Å². The quantitative estimate of drug-likeness (QED) is 0.635. The fraction of sp³-hybridized carbons (Fsp3) is 0.500. The van der Waals surface area contributed by atoms with Gasteiger partial charge in [-0.1, -0.05) is 11.6 Å². The summed E-state index contributed by atoms with van der Waals surface area (Å²) < 4.78 is 5.46. The van der Waals surface area contributed by atoms with Crippen LogP contribution in [0.2, 0.25) is 5.02 Å². The van der Waals surface area contributed by atoms with Crippen LogP contribution in [0.1, 0.15) is 30.1 Å². The van der Waals surface area contributed by atoms with Crippen LogP contribution in [-0.4, -0.2) is 41.5 Å². The molecular weight excluding hydrogens is 296 g/mol. The molecule has 1 fully saturated rings. The first kappa shape index (κ1) is 15.7. The summed E-state index contributed by atoms with van der Waals surface area (Å²) in [5.74, 6) is -0.224. The predicted molar refractivity (Wildman–Crippen MR) is 78.7 cm³/mol. The molecule has 1 aromatic carbocycles. The average molecular weight is 313 g/mol. The Hall–Kier alpha value is -1.66. The molecule has 7 heteroatoms. The van der Waals surface area contributed by atoms with E-state index in [0.717, 1.165) is 12.8 Å². The SMILES string of the molecule is CO[C@]1(C)CCCN(C(=O)c2ccc([N+](=O)[O-])cc2Cl)C1. The molecule has 0 radical (unpaired) electrons. The third-order valence-corrected chi connectivity index (χ3v) is 4.15. The Labute approximate surface area is 127 Å². The van der Waals surface area contributed by atoms with Crippen LogP contribution in [0.25, 0.3) is 0 Å². The van der Waals surface area contributed by atoms with Gasteiger partial charge in [0.1, 0.15) is 0 Å². The molecular formula is C14H17ClN2O4. The maximum atomic E-state index is 12.5. The number of rotatable bonds is 3. The van der Waals surface area contributed by atoms with E-state index in [2.05, 4.69) is 0 Å². The highest BCUT2D eigenvalue weighted by molar-refractivity contribution is 6.34. The summed E-state index contributed by atoms with van der Waals surface area (Å²) in [6.07, 6.45) is 1.74. The number of nitro benzene ring substituents is 1. The van der Waals surface area contributed by atoms with Crippen molar-refractivity contribution in [3.8, 4) is 0 Å².